The van der Waals surface area contributed by atoms with Crippen molar-refractivity contribution >= 4 is 29.1 Å². The van der Waals surface area contributed by atoms with Gasteiger partial charge in [-0.3, -0.25) is 4.79 Å². The van der Waals surface area contributed by atoms with Crippen molar-refractivity contribution in [2.45, 2.75) is 39.3 Å². The number of nitrogens with one attached hydrogen (secondary N) is 1. The lowest BCUT2D eigenvalue weighted by molar-refractivity contribution is -0.127. The molecular formula is C23H28Cl2N2O3. The molecule has 0 aromatic heterocycles. The number of carbonyl (C=O) groups excluding carboxylic acids is 1. The van der Waals surface area contributed by atoms with Gasteiger partial charge in [-0.25, -0.2) is 0 Å². The monoisotopic (exact) mass is 450 g/mol. The maximum absolute atomic E-state index is 11.6. The van der Waals surface area contributed by atoms with E-state index in [0.717, 1.165) is 50.1 Å². The predicted octanol–water partition coefficient (Wildman–Crippen LogP) is 5.07. The molecule has 30 heavy (non-hydrogen) atoms. The molecule has 162 valence electrons. The van der Waals surface area contributed by atoms with Gasteiger partial charge in [-0.2, -0.15) is 0 Å². The Morgan fingerprint density at radius 3 is 2.60 bits per heavy atom. The van der Waals surface area contributed by atoms with Gasteiger partial charge in [-0.05, 0) is 56.1 Å². The van der Waals surface area contributed by atoms with E-state index in [9.17, 15) is 4.79 Å². The minimum absolute atomic E-state index is 0.269. The fraction of sp³-hybridized carbons (Fsp3) is 0.435. The molecule has 1 fully saturated rings. The molecule has 1 aliphatic heterocycles. The van der Waals surface area contributed by atoms with Crippen LogP contribution >= 0.6 is 23.2 Å². The van der Waals surface area contributed by atoms with Gasteiger partial charge >= 0.3 is 0 Å². The van der Waals surface area contributed by atoms with Gasteiger partial charge in [0.05, 0.1) is 6.61 Å². The number of nitrogens with zero attached hydrogens (tertiary/aromatic N) is 1. The molecule has 0 atom stereocenters. The van der Waals surface area contributed by atoms with E-state index in [2.05, 4.69) is 5.32 Å². The lowest BCUT2D eigenvalue weighted by atomic mass is 10.2. The standard InChI is InChI=1S/C23H28Cl2N2O3/c1-2-29-22-14-17(15-26-11-5-13-27-12-4-8-23(27)28)9-10-21(22)30-16-18-19(24)6-3-7-20(18)25/h3,6-7,9-10,14,26H,2,4-5,8,11-13,15-16H2,1H3. The van der Waals surface area contributed by atoms with Crippen LogP contribution in [0.4, 0.5) is 0 Å². The summed E-state index contributed by atoms with van der Waals surface area (Å²) in [6.45, 7) is 6.07. The molecule has 2 aromatic carbocycles. The molecule has 0 radical (unpaired) electrons. The number of ether oxygens (including phenoxy) is 2. The summed E-state index contributed by atoms with van der Waals surface area (Å²) < 4.78 is 11.7. The second-order valence-electron chi connectivity index (χ2n) is 7.22. The molecule has 0 saturated carbocycles. The Morgan fingerprint density at radius 2 is 1.90 bits per heavy atom. The van der Waals surface area contributed by atoms with Gasteiger partial charge in [-0.1, -0.05) is 35.3 Å². The first-order chi connectivity index (χ1) is 14.6. The number of amides is 1. The molecule has 1 heterocycles. The van der Waals surface area contributed by atoms with Crippen LogP contribution in [0.3, 0.4) is 0 Å². The molecule has 1 saturated heterocycles. The van der Waals surface area contributed by atoms with E-state index in [1.807, 2.05) is 36.1 Å². The summed E-state index contributed by atoms with van der Waals surface area (Å²) in [7, 11) is 0. The van der Waals surface area contributed by atoms with Gasteiger partial charge < -0.3 is 19.7 Å². The lowest BCUT2D eigenvalue weighted by Gasteiger charge is -2.16. The van der Waals surface area contributed by atoms with Crippen LogP contribution in [-0.2, 0) is 17.9 Å². The van der Waals surface area contributed by atoms with Gasteiger partial charge in [0.25, 0.3) is 0 Å². The zero-order chi connectivity index (χ0) is 21.3. The van der Waals surface area contributed by atoms with Crippen LogP contribution in [0.5, 0.6) is 11.5 Å². The van der Waals surface area contributed by atoms with Crippen LogP contribution in [0.1, 0.15) is 37.3 Å². The second-order valence-corrected chi connectivity index (χ2v) is 8.03. The minimum Gasteiger partial charge on any atom is -0.490 e. The Bertz CT molecular complexity index is 840. The van der Waals surface area contributed by atoms with Crippen LogP contribution in [0, 0.1) is 0 Å². The molecule has 7 heteroatoms. The molecular weight excluding hydrogens is 423 g/mol. The van der Waals surface area contributed by atoms with Gasteiger partial charge in [0, 0.05) is 41.7 Å². The van der Waals surface area contributed by atoms with Crippen molar-refractivity contribution in [3.05, 3.63) is 57.6 Å². The largest absolute Gasteiger partial charge is 0.490 e. The number of rotatable bonds is 11. The lowest BCUT2D eigenvalue weighted by Crippen LogP contribution is -2.28. The molecule has 0 bridgehead atoms. The van der Waals surface area contributed by atoms with Crippen LogP contribution < -0.4 is 14.8 Å². The fourth-order valence-electron chi connectivity index (χ4n) is 3.44. The first-order valence-electron chi connectivity index (χ1n) is 10.4. The normalized spacial score (nSPS) is 13.7. The zero-order valence-corrected chi connectivity index (χ0v) is 18.8. The van der Waals surface area contributed by atoms with Crippen LogP contribution in [0.15, 0.2) is 36.4 Å². The van der Waals surface area contributed by atoms with E-state index >= 15 is 0 Å². The molecule has 0 unspecified atom stereocenters. The van der Waals surface area contributed by atoms with Crippen molar-refractivity contribution in [1.82, 2.24) is 10.2 Å². The molecule has 2 aromatic rings. The van der Waals surface area contributed by atoms with Crippen LogP contribution in [0.25, 0.3) is 0 Å². The van der Waals surface area contributed by atoms with Gasteiger partial charge in [0.15, 0.2) is 11.5 Å². The highest BCUT2D eigenvalue weighted by Gasteiger charge is 2.18. The van der Waals surface area contributed by atoms with E-state index in [-0.39, 0.29) is 12.5 Å². The summed E-state index contributed by atoms with van der Waals surface area (Å²) >= 11 is 12.5. The number of hydrogen-bond donors (Lipinski definition) is 1. The zero-order valence-electron chi connectivity index (χ0n) is 17.3. The third kappa shape index (κ3) is 6.27. The van der Waals surface area contributed by atoms with Gasteiger partial charge in [0.2, 0.25) is 5.91 Å². The van der Waals surface area contributed by atoms with Gasteiger partial charge in [-0.15, -0.1) is 0 Å². The Labute approximate surface area is 188 Å². The predicted molar refractivity (Wildman–Crippen MR) is 121 cm³/mol. The number of likely N-dealkylation sites (tertiary alicyclic amines) is 1. The number of benzene rings is 2. The summed E-state index contributed by atoms with van der Waals surface area (Å²) in [6.07, 6.45) is 2.64. The highest BCUT2D eigenvalue weighted by atomic mass is 35.5. The molecule has 0 aliphatic carbocycles. The number of carbonyl (C=O) groups is 1. The Kier molecular flexibility index (Phi) is 8.67. The maximum atomic E-state index is 11.6. The number of hydrogen-bond acceptors (Lipinski definition) is 4. The van der Waals surface area contributed by atoms with Crippen molar-refractivity contribution in [3.63, 3.8) is 0 Å². The Morgan fingerprint density at radius 1 is 1.10 bits per heavy atom. The van der Waals surface area contributed by atoms with E-state index in [0.29, 0.717) is 34.6 Å². The summed E-state index contributed by atoms with van der Waals surface area (Å²) in [6, 6.07) is 11.3. The Hall–Kier alpha value is -1.95. The summed E-state index contributed by atoms with van der Waals surface area (Å²) in [4.78, 5) is 13.6. The highest BCUT2D eigenvalue weighted by molar-refractivity contribution is 6.35. The Balaban J connectivity index is 1.52. The SMILES string of the molecule is CCOc1cc(CNCCCN2CCCC2=O)ccc1OCc1c(Cl)cccc1Cl. The van der Waals surface area contributed by atoms with E-state index in [1.54, 1.807) is 12.1 Å². The summed E-state index contributed by atoms with van der Waals surface area (Å²) in [5.41, 5.74) is 1.87. The summed E-state index contributed by atoms with van der Waals surface area (Å²) in [5, 5.41) is 4.59. The summed E-state index contributed by atoms with van der Waals surface area (Å²) in [5.74, 6) is 1.64. The molecule has 0 spiro atoms. The van der Waals surface area contributed by atoms with Crippen molar-refractivity contribution in [3.8, 4) is 11.5 Å². The van der Waals surface area contributed by atoms with Gasteiger partial charge in [0.1, 0.15) is 6.61 Å². The average molecular weight is 451 g/mol. The second kappa shape index (κ2) is 11.4. The van der Waals surface area contributed by atoms with E-state index < -0.39 is 0 Å². The third-order valence-electron chi connectivity index (χ3n) is 5.02. The first kappa shape index (κ1) is 22.7. The smallest absolute Gasteiger partial charge is 0.222 e. The van der Waals surface area contributed by atoms with E-state index in [1.165, 1.54) is 0 Å². The molecule has 1 aliphatic rings. The van der Waals surface area contributed by atoms with E-state index in [4.69, 9.17) is 32.7 Å². The van der Waals surface area contributed by atoms with Crippen molar-refractivity contribution in [2.24, 2.45) is 0 Å². The quantitative estimate of drug-likeness (QED) is 0.485. The van der Waals surface area contributed by atoms with Crippen LogP contribution in [-0.4, -0.2) is 37.0 Å². The highest BCUT2D eigenvalue weighted by Crippen LogP contribution is 2.31. The van der Waals surface area contributed by atoms with Crippen LogP contribution in [0.2, 0.25) is 10.0 Å². The first-order valence-corrected chi connectivity index (χ1v) is 11.1. The molecule has 1 amide bonds. The maximum Gasteiger partial charge on any atom is 0.222 e. The molecule has 1 N–H and O–H groups in total. The fourth-order valence-corrected chi connectivity index (χ4v) is 3.94. The molecule has 3 rings (SSSR count). The average Bonchev–Trinajstić information content (AvgIpc) is 3.13. The van der Waals surface area contributed by atoms with Crippen molar-refractivity contribution < 1.29 is 14.3 Å². The number of halogens is 2. The van der Waals surface area contributed by atoms with Crippen molar-refractivity contribution in [2.75, 3.05) is 26.2 Å². The third-order valence-corrected chi connectivity index (χ3v) is 5.73. The van der Waals surface area contributed by atoms with Crippen molar-refractivity contribution in [1.29, 1.82) is 0 Å². The topological polar surface area (TPSA) is 50.8 Å². The minimum atomic E-state index is 0.269. The molecule has 5 nitrogen and oxygen atoms in total.